The predicted molar refractivity (Wildman–Crippen MR) is 166 cm³/mol. The van der Waals surface area contributed by atoms with Crippen LogP contribution in [0, 0.1) is 12.4 Å². The van der Waals surface area contributed by atoms with Gasteiger partial charge in [-0.15, -0.1) is 0 Å². The highest BCUT2D eigenvalue weighted by Gasteiger charge is 2.36. The molecule has 0 spiro atoms. The molecule has 2 aromatic carbocycles. The average Bonchev–Trinajstić information content (AvgIpc) is 3.44. The van der Waals surface area contributed by atoms with Crippen LogP contribution >= 0.6 is 11.6 Å². The Morgan fingerprint density at radius 2 is 2.00 bits per heavy atom. The summed E-state index contributed by atoms with van der Waals surface area (Å²) in [7, 11) is 2.08. The van der Waals surface area contributed by atoms with E-state index in [2.05, 4.69) is 33.2 Å². The molecule has 9 nitrogen and oxygen atoms in total. The summed E-state index contributed by atoms with van der Waals surface area (Å²) in [6.07, 6.45) is 2.75. The first-order valence-electron chi connectivity index (χ1n) is 14.8. The quantitative estimate of drug-likeness (QED) is 0.275. The summed E-state index contributed by atoms with van der Waals surface area (Å²) in [6, 6.07) is 8.92. The van der Waals surface area contributed by atoms with E-state index in [1.807, 2.05) is 18.2 Å². The summed E-state index contributed by atoms with van der Waals surface area (Å²) in [5.41, 5.74) is 2.57. The zero-order valence-corrected chi connectivity index (χ0v) is 25.4. The maximum Gasteiger partial charge on any atom is 0.318 e. The molecule has 6 rings (SSSR count). The Kier molecular flexibility index (Phi) is 8.56. The Morgan fingerprint density at radius 3 is 2.75 bits per heavy atom. The molecule has 0 radical (unpaired) electrons. The van der Waals surface area contributed by atoms with Gasteiger partial charge < -0.3 is 29.2 Å². The van der Waals surface area contributed by atoms with Gasteiger partial charge in [0.25, 0.3) is 5.91 Å². The number of halogens is 3. The van der Waals surface area contributed by atoms with Crippen molar-refractivity contribution in [1.29, 1.82) is 0 Å². The van der Waals surface area contributed by atoms with Crippen LogP contribution < -0.4 is 14.5 Å². The summed E-state index contributed by atoms with van der Waals surface area (Å²) in [6.45, 7) is 14.1. The van der Waals surface area contributed by atoms with E-state index in [1.54, 1.807) is 6.07 Å². The fourth-order valence-electron chi connectivity index (χ4n) is 6.57. The number of amides is 1. The molecule has 12 heteroatoms. The number of ether oxygens (including phenoxy) is 1. The van der Waals surface area contributed by atoms with Gasteiger partial charge in [-0.2, -0.15) is 9.97 Å². The summed E-state index contributed by atoms with van der Waals surface area (Å²) in [5.74, 6) is -1.58. The molecule has 2 saturated heterocycles. The Hall–Kier alpha value is -4.01. The van der Waals surface area contributed by atoms with Crippen molar-refractivity contribution in [3.8, 4) is 6.01 Å². The third-order valence-corrected chi connectivity index (χ3v) is 9.30. The molecule has 0 bridgehead atoms. The molecule has 2 fully saturated rings. The largest absolute Gasteiger partial charge is 0.462 e. The normalized spacial score (nSPS) is 20.5. The van der Waals surface area contributed by atoms with E-state index in [0.717, 1.165) is 41.7 Å². The van der Waals surface area contributed by atoms with Gasteiger partial charge in [0.15, 0.2) is 5.83 Å². The number of fused-ring (bicyclic) bond motifs is 2. The number of carbonyl (C=O) groups is 1. The third kappa shape index (κ3) is 5.76. The molecule has 1 amide bonds. The number of likely N-dealkylation sites (tertiary alicyclic amines) is 1. The van der Waals surface area contributed by atoms with Crippen molar-refractivity contribution in [3.63, 3.8) is 0 Å². The van der Waals surface area contributed by atoms with Crippen molar-refractivity contribution in [1.82, 2.24) is 19.8 Å². The SMILES string of the molecule is [C-]#[N+]C[C@H]1CN(c2nc(OC[C@@H]3CCCN3C)nc3c2CCN(c2cccc4ccc(F)c(Cl)c24)C3)CCN1C(=O)C(=C)F. The molecule has 4 heterocycles. The highest BCUT2D eigenvalue weighted by Crippen LogP contribution is 2.38. The van der Waals surface area contributed by atoms with Crippen LogP contribution in [0.15, 0.2) is 42.7 Å². The second-order valence-electron chi connectivity index (χ2n) is 11.6. The maximum absolute atomic E-state index is 14.5. The lowest BCUT2D eigenvalue weighted by atomic mass is 10.0. The number of aromatic nitrogens is 2. The maximum atomic E-state index is 14.5. The Morgan fingerprint density at radius 1 is 1.16 bits per heavy atom. The lowest BCUT2D eigenvalue weighted by Crippen LogP contribution is -2.57. The van der Waals surface area contributed by atoms with E-state index in [-0.39, 0.29) is 30.2 Å². The number of anilines is 2. The van der Waals surface area contributed by atoms with Gasteiger partial charge in [0.2, 0.25) is 6.54 Å². The highest BCUT2D eigenvalue weighted by atomic mass is 35.5. The van der Waals surface area contributed by atoms with E-state index in [1.165, 1.54) is 11.0 Å². The van der Waals surface area contributed by atoms with E-state index < -0.39 is 23.6 Å². The van der Waals surface area contributed by atoms with Gasteiger partial charge in [-0.1, -0.05) is 36.4 Å². The molecule has 0 aliphatic carbocycles. The molecular formula is C32H34ClF2N7O2. The summed E-state index contributed by atoms with van der Waals surface area (Å²) >= 11 is 6.47. The fraction of sp³-hybridized carbons (Fsp3) is 0.438. The van der Waals surface area contributed by atoms with Gasteiger partial charge in [-0.05, 0) is 50.4 Å². The number of piperazine rings is 1. The molecule has 3 aliphatic heterocycles. The Balaban J connectivity index is 1.35. The van der Waals surface area contributed by atoms with Gasteiger partial charge >= 0.3 is 6.01 Å². The minimum Gasteiger partial charge on any atom is -0.462 e. The zero-order valence-electron chi connectivity index (χ0n) is 24.6. The first-order chi connectivity index (χ1) is 21.2. The first-order valence-corrected chi connectivity index (χ1v) is 15.2. The molecule has 3 aromatic rings. The van der Waals surface area contributed by atoms with Crippen LogP contribution in [-0.4, -0.2) is 90.7 Å². The molecular weight excluding hydrogens is 588 g/mol. The first kappa shape index (κ1) is 30.0. The lowest BCUT2D eigenvalue weighted by Gasteiger charge is -2.41. The van der Waals surface area contributed by atoms with Crippen LogP contribution in [0.4, 0.5) is 20.3 Å². The standard InChI is InChI=1S/C32H34ClF2N7O2/c1-20(34)31(43)42-15-14-41(17-23(42)16-36-2)30-24-11-13-40(27-8-4-6-21-9-10-25(35)29(33)28(21)27)18-26(24)37-32(38-30)44-19-22-7-5-12-39(22)3/h4,6,8-10,22-23H,1,5,7,11-19H2,3H3/t22-,23-/m0/s1. The smallest absolute Gasteiger partial charge is 0.318 e. The summed E-state index contributed by atoms with van der Waals surface area (Å²) in [5, 5.41) is 1.60. The second kappa shape index (κ2) is 12.5. The van der Waals surface area contributed by atoms with Gasteiger partial charge in [0.05, 0.1) is 17.3 Å². The van der Waals surface area contributed by atoms with Crippen molar-refractivity contribution in [3.05, 3.63) is 76.3 Å². The molecule has 0 unspecified atom stereocenters. The lowest BCUT2D eigenvalue weighted by molar-refractivity contribution is -0.131. The number of hydrogen-bond acceptors (Lipinski definition) is 7. The van der Waals surface area contributed by atoms with Crippen molar-refractivity contribution >= 4 is 39.8 Å². The minimum absolute atomic E-state index is 0.0341. The molecule has 44 heavy (non-hydrogen) atoms. The van der Waals surface area contributed by atoms with Crippen molar-refractivity contribution < 1.29 is 18.3 Å². The zero-order chi connectivity index (χ0) is 31.0. The van der Waals surface area contributed by atoms with E-state index >= 15 is 0 Å². The van der Waals surface area contributed by atoms with E-state index in [0.29, 0.717) is 50.4 Å². The van der Waals surface area contributed by atoms with Crippen LogP contribution in [0.5, 0.6) is 6.01 Å². The van der Waals surface area contributed by atoms with Crippen LogP contribution in [0.1, 0.15) is 24.1 Å². The highest BCUT2D eigenvalue weighted by molar-refractivity contribution is 6.36. The minimum atomic E-state index is -1.03. The Bertz CT molecular complexity index is 1650. The number of likely N-dealkylation sites (N-methyl/N-ethyl adjacent to an activating group) is 1. The molecule has 230 valence electrons. The summed E-state index contributed by atoms with van der Waals surface area (Å²) < 4.78 is 34.5. The summed E-state index contributed by atoms with van der Waals surface area (Å²) in [4.78, 5) is 33.6. The molecule has 0 saturated carbocycles. The van der Waals surface area contributed by atoms with Gasteiger partial charge in [0.1, 0.15) is 24.3 Å². The number of nitrogens with zero attached hydrogens (tertiary/aromatic N) is 7. The number of carbonyl (C=O) groups excluding carboxylic acids is 1. The molecule has 0 N–H and O–H groups in total. The number of benzene rings is 2. The fourth-order valence-corrected chi connectivity index (χ4v) is 6.84. The van der Waals surface area contributed by atoms with Crippen LogP contribution in [0.2, 0.25) is 5.02 Å². The van der Waals surface area contributed by atoms with Crippen LogP contribution in [0.25, 0.3) is 15.6 Å². The second-order valence-corrected chi connectivity index (χ2v) is 12.0. The van der Waals surface area contributed by atoms with Gasteiger partial charge in [0, 0.05) is 48.9 Å². The number of hydrogen-bond donors (Lipinski definition) is 0. The van der Waals surface area contributed by atoms with Crippen molar-refractivity contribution in [2.24, 2.45) is 0 Å². The monoisotopic (exact) mass is 621 g/mol. The van der Waals surface area contributed by atoms with Gasteiger partial charge in [-0.3, -0.25) is 4.79 Å². The molecule has 1 aromatic heterocycles. The van der Waals surface area contributed by atoms with Crippen molar-refractivity contribution in [2.75, 3.05) is 62.7 Å². The topological polar surface area (TPSA) is 69.4 Å². The van der Waals surface area contributed by atoms with Gasteiger partial charge in [-0.25, -0.2) is 15.4 Å². The molecule has 3 aliphatic rings. The molecule has 2 atom stereocenters. The van der Waals surface area contributed by atoms with Crippen molar-refractivity contribution in [2.45, 2.75) is 37.9 Å². The Labute approximate surface area is 260 Å². The average molecular weight is 622 g/mol. The third-order valence-electron chi connectivity index (χ3n) is 8.93. The predicted octanol–water partition coefficient (Wildman–Crippen LogP) is 4.88. The van der Waals surface area contributed by atoms with E-state index in [4.69, 9.17) is 32.9 Å². The van der Waals surface area contributed by atoms with Crippen LogP contribution in [-0.2, 0) is 17.8 Å². The van der Waals surface area contributed by atoms with E-state index in [9.17, 15) is 13.6 Å². The van der Waals surface area contributed by atoms with Crippen LogP contribution in [0.3, 0.4) is 0 Å². The number of rotatable bonds is 7.